The molecule has 1 heterocycles. The summed E-state index contributed by atoms with van der Waals surface area (Å²) in [4.78, 5) is 26.0. The van der Waals surface area contributed by atoms with Gasteiger partial charge < -0.3 is 9.84 Å². The van der Waals surface area contributed by atoms with Crippen LogP contribution in [0.4, 0.5) is 4.79 Å². The maximum atomic E-state index is 12.9. The molecule has 33 heavy (non-hydrogen) atoms. The van der Waals surface area contributed by atoms with Gasteiger partial charge in [-0.25, -0.2) is 9.59 Å². The molecule has 0 bridgehead atoms. The van der Waals surface area contributed by atoms with Gasteiger partial charge in [0.05, 0.1) is 11.7 Å². The van der Waals surface area contributed by atoms with Gasteiger partial charge in [-0.15, -0.1) is 0 Å². The second-order valence-corrected chi connectivity index (χ2v) is 8.26. The Labute approximate surface area is 190 Å². The predicted octanol–water partition coefficient (Wildman–Crippen LogP) is 4.44. The molecule has 0 radical (unpaired) electrons. The maximum absolute atomic E-state index is 12.9. The Morgan fingerprint density at radius 3 is 2.39 bits per heavy atom. The lowest BCUT2D eigenvalue weighted by Crippen LogP contribution is -2.44. The number of aliphatic carboxylic acids is 1. The van der Waals surface area contributed by atoms with E-state index in [1.807, 2.05) is 54.6 Å². The Morgan fingerprint density at radius 1 is 1.06 bits per heavy atom. The third kappa shape index (κ3) is 3.82. The van der Waals surface area contributed by atoms with Crippen molar-refractivity contribution >= 4 is 23.0 Å². The summed E-state index contributed by atoms with van der Waals surface area (Å²) >= 11 is 0. The van der Waals surface area contributed by atoms with Crippen molar-refractivity contribution in [1.82, 2.24) is 15.1 Å². The molecule has 0 saturated carbocycles. The fourth-order valence-corrected chi connectivity index (χ4v) is 4.56. The summed E-state index contributed by atoms with van der Waals surface area (Å²) in [7, 11) is 1.47. The lowest BCUT2D eigenvalue weighted by molar-refractivity contribution is -0.142. The van der Waals surface area contributed by atoms with Crippen LogP contribution in [0, 0.1) is 0 Å². The maximum Gasteiger partial charge on any atom is 0.410 e. The first-order valence-electron chi connectivity index (χ1n) is 10.8. The number of fused-ring (bicyclic) bond motifs is 4. The minimum atomic E-state index is -1.08. The summed E-state index contributed by atoms with van der Waals surface area (Å²) in [5.41, 5.74) is 6.17. The number of amides is 1. The number of ether oxygens (including phenoxy) is 1. The molecule has 1 unspecified atom stereocenters. The Hall–Kier alpha value is -4.13. The molecule has 3 aromatic carbocycles. The fraction of sp³-hybridized carbons (Fsp3) is 0.192. The van der Waals surface area contributed by atoms with E-state index >= 15 is 0 Å². The number of carbonyl (C=O) groups excluding carboxylic acids is 1. The molecule has 1 atom stereocenters. The van der Waals surface area contributed by atoms with Crippen LogP contribution in [0.5, 0.6) is 0 Å². The van der Waals surface area contributed by atoms with Crippen LogP contribution in [0.3, 0.4) is 0 Å². The molecule has 0 aliphatic heterocycles. The third-order valence-electron chi connectivity index (χ3n) is 6.31. The van der Waals surface area contributed by atoms with Crippen molar-refractivity contribution in [2.75, 3.05) is 13.7 Å². The molecular weight excluding hydrogens is 418 g/mol. The minimum Gasteiger partial charge on any atom is -0.480 e. The van der Waals surface area contributed by atoms with E-state index in [2.05, 4.69) is 22.3 Å². The van der Waals surface area contributed by atoms with Gasteiger partial charge in [0.25, 0.3) is 0 Å². The number of aromatic nitrogens is 2. The summed E-state index contributed by atoms with van der Waals surface area (Å²) in [5, 5.41) is 17.5. The van der Waals surface area contributed by atoms with Gasteiger partial charge in [-0.05, 0) is 39.9 Å². The standard InChI is InChI=1S/C26H23N3O4/c1-29(24(25(30)31)13-16-10-11-23-17(12-16)14-27-28-23)26(32)33-15-22-20-8-4-2-6-18(20)19-7-3-5-9-21(19)22/h2-12,14,22,24H,13,15H2,1H3,(H,27,28)(H,30,31). The number of H-pyrrole nitrogens is 1. The van der Waals surface area contributed by atoms with Crippen molar-refractivity contribution in [2.24, 2.45) is 0 Å². The molecule has 4 aromatic rings. The molecule has 7 heteroatoms. The second kappa shape index (κ2) is 8.43. The van der Waals surface area contributed by atoms with E-state index in [0.29, 0.717) is 0 Å². The lowest BCUT2D eigenvalue weighted by Gasteiger charge is -2.25. The molecular formula is C26H23N3O4. The van der Waals surface area contributed by atoms with Crippen molar-refractivity contribution in [3.8, 4) is 11.1 Å². The molecule has 1 aliphatic rings. The highest BCUT2D eigenvalue weighted by molar-refractivity contribution is 5.82. The zero-order valence-corrected chi connectivity index (χ0v) is 18.1. The van der Waals surface area contributed by atoms with Crippen LogP contribution in [0.1, 0.15) is 22.6 Å². The average molecular weight is 441 g/mol. The van der Waals surface area contributed by atoms with Crippen molar-refractivity contribution < 1.29 is 19.4 Å². The van der Waals surface area contributed by atoms with Crippen LogP contribution < -0.4 is 0 Å². The van der Waals surface area contributed by atoms with Crippen LogP contribution in [-0.2, 0) is 16.0 Å². The molecule has 1 aliphatic carbocycles. The van der Waals surface area contributed by atoms with Gasteiger partial charge in [-0.2, -0.15) is 5.10 Å². The molecule has 166 valence electrons. The second-order valence-electron chi connectivity index (χ2n) is 8.26. The Bertz CT molecular complexity index is 1300. The van der Waals surface area contributed by atoms with E-state index in [1.165, 1.54) is 7.05 Å². The van der Waals surface area contributed by atoms with E-state index in [-0.39, 0.29) is 18.9 Å². The van der Waals surface area contributed by atoms with E-state index in [0.717, 1.165) is 43.6 Å². The first kappa shape index (κ1) is 20.8. The van der Waals surface area contributed by atoms with Crippen LogP contribution in [0.2, 0.25) is 0 Å². The number of hydrogen-bond donors (Lipinski definition) is 2. The lowest BCUT2D eigenvalue weighted by atomic mass is 9.98. The average Bonchev–Trinajstić information content (AvgIpc) is 3.42. The smallest absolute Gasteiger partial charge is 0.410 e. The summed E-state index contributed by atoms with van der Waals surface area (Å²) < 4.78 is 5.64. The number of carboxylic acids is 1. The molecule has 0 saturated heterocycles. The van der Waals surface area contributed by atoms with Gasteiger partial charge in [-0.1, -0.05) is 54.6 Å². The molecule has 5 rings (SSSR count). The normalized spacial score (nSPS) is 13.4. The summed E-state index contributed by atoms with van der Waals surface area (Å²) in [6, 6.07) is 20.7. The van der Waals surface area contributed by atoms with Crippen LogP contribution >= 0.6 is 0 Å². The topological polar surface area (TPSA) is 95.5 Å². The van der Waals surface area contributed by atoms with E-state index < -0.39 is 18.1 Å². The Kier molecular flexibility index (Phi) is 5.30. The van der Waals surface area contributed by atoms with Crippen LogP contribution in [0.25, 0.3) is 22.0 Å². The van der Waals surface area contributed by atoms with Crippen LogP contribution in [-0.4, -0.2) is 52.0 Å². The summed E-state index contributed by atoms with van der Waals surface area (Å²) in [6.45, 7) is 0.143. The SMILES string of the molecule is CN(C(=O)OCC1c2ccccc2-c2ccccc21)C(Cc1ccc2[nH]ncc2c1)C(=O)O. The van der Waals surface area contributed by atoms with Gasteiger partial charge in [0.15, 0.2) is 0 Å². The van der Waals surface area contributed by atoms with Gasteiger partial charge in [0.2, 0.25) is 0 Å². The number of hydrogen-bond acceptors (Lipinski definition) is 4. The minimum absolute atomic E-state index is 0.0819. The molecule has 7 nitrogen and oxygen atoms in total. The molecule has 1 aromatic heterocycles. The first-order valence-corrected chi connectivity index (χ1v) is 10.8. The Morgan fingerprint density at radius 2 is 1.73 bits per heavy atom. The van der Waals surface area contributed by atoms with Crippen molar-refractivity contribution in [3.05, 3.63) is 89.6 Å². The van der Waals surface area contributed by atoms with Crippen molar-refractivity contribution in [1.29, 1.82) is 0 Å². The van der Waals surface area contributed by atoms with Gasteiger partial charge >= 0.3 is 12.1 Å². The number of aromatic amines is 1. The van der Waals surface area contributed by atoms with Gasteiger partial charge in [0, 0.05) is 24.8 Å². The fourth-order valence-electron chi connectivity index (χ4n) is 4.56. The van der Waals surface area contributed by atoms with Crippen molar-refractivity contribution in [2.45, 2.75) is 18.4 Å². The zero-order chi connectivity index (χ0) is 22.9. The van der Waals surface area contributed by atoms with Gasteiger partial charge in [0.1, 0.15) is 12.6 Å². The predicted molar refractivity (Wildman–Crippen MR) is 124 cm³/mol. The number of carboxylic acid groups (broad SMARTS) is 1. The Balaban J connectivity index is 1.31. The zero-order valence-electron chi connectivity index (χ0n) is 18.1. The van der Waals surface area contributed by atoms with Gasteiger partial charge in [-0.3, -0.25) is 10.00 Å². The largest absolute Gasteiger partial charge is 0.480 e. The highest BCUT2D eigenvalue weighted by atomic mass is 16.6. The summed E-state index contributed by atoms with van der Waals surface area (Å²) in [5.74, 6) is -1.17. The number of carbonyl (C=O) groups is 2. The van der Waals surface area contributed by atoms with E-state index in [4.69, 9.17) is 4.74 Å². The first-order chi connectivity index (χ1) is 16.0. The summed E-state index contributed by atoms with van der Waals surface area (Å²) in [6.07, 6.45) is 1.19. The quantitative estimate of drug-likeness (QED) is 0.461. The van der Waals surface area contributed by atoms with E-state index in [1.54, 1.807) is 6.20 Å². The molecule has 0 fully saturated rings. The van der Waals surface area contributed by atoms with Crippen molar-refractivity contribution in [3.63, 3.8) is 0 Å². The van der Waals surface area contributed by atoms with E-state index in [9.17, 15) is 14.7 Å². The van der Waals surface area contributed by atoms with Crippen LogP contribution in [0.15, 0.2) is 72.9 Å². The third-order valence-corrected chi connectivity index (χ3v) is 6.31. The highest BCUT2D eigenvalue weighted by Gasteiger charge is 2.32. The molecule has 0 spiro atoms. The highest BCUT2D eigenvalue weighted by Crippen LogP contribution is 2.44. The number of nitrogens with zero attached hydrogens (tertiary/aromatic N) is 2. The monoisotopic (exact) mass is 441 g/mol. The number of nitrogens with one attached hydrogen (secondary N) is 1. The number of benzene rings is 3. The number of rotatable bonds is 6. The molecule has 1 amide bonds. The number of likely N-dealkylation sites (N-methyl/N-ethyl adjacent to an activating group) is 1. The molecule has 2 N–H and O–H groups in total.